The van der Waals surface area contributed by atoms with Crippen molar-refractivity contribution in [1.82, 2.24) is 0 Å². The first-order valence-electron chi connectivity index (χ1n) is 2.06. The molecule has 0 amide bonds. The van der Waals surface area contributed by atoms with E-state index in [2.05, 4.69) is 11.8 Å². The van der Waals surface area contributed by atoms with E-state index >= 15 is 0 Å². The van der Waals surface area contributed by atoms with Gasteiger partial charge in [0.15, 0.2) is 11.7 Å². The van der Waals surface area contributed by atoms with Gasteiger partial charge in [0.25, 0.3) is 0 Å². The number of hydrogen-bond donors (Lipinski definition) is 0. The molecule has 38 valence electrons. The summed E-state index contributed by atoms with van der Waals surface area (Å²) in [5.41, 5.74) is -0.132. The molecule has 0 radical (unpaired) electrons. The highest BCUT2D eigenvalue weighted by molar-refractivity contribution is 6.21. The zero-order valence-corrected chi connectivity index (χ0v) is 4.70. The summed E-state index contributed by atoms with van der Waals surface area (Å²) in [6, 6.07) is 0. The highest BCUT2D eigenvalue weighted by Gasteiger charge is 2.34. The zero-order chi connectivity index (χ0) is 5.28. The van der Waals surface area contributed by atoms with Gasteiger partial charge in [-0.2, -0.15) is 0 Å². The van der Waals surface area contributed by atoms with Crippen molar-refractivity contribution in [3.05, 3.63) is 0 Å². The van der Waals surface area contributed by atoms with Crippen LogP contribution in [0.5, 0.6) is 0 Å². The molecule has 1 heterocycles. The van der Waals surface area contributed by atoms with Gasteiger partial charge in [0.2, 0.25) is 0 Å². The Morgan fingerprint density at radius 2 is 2.29 bits per heavy atom. The van der Waals surface area contributed by atoms with Gasteiger partial charge in [0.05, 0.1) is 0 Å². The molecular weight excluding hydrogens is 112 g/mol. The highest BCUT2D eigenvalue weighted by Crippen LogP contribution is 2.24. The van der Waals surface area contributed by atoms with Gasteiger partial charge < -0.3 is 4.74 Å². The van der Waals surface area contributed by atoms with Crippen molar-refractivity contribution in [2.24, 2.45) is 0 Å². The quantitative estimate of drug-likeness (QED) is 0.261. The Balaban J connectivity index is 2.29. The van der Waals surface area contributed by atoms with Gasteiger partial charge in [0.1, 0.15) is 0 Å². The lowest BCUT2D eigenvalue weighted by Crippen LogP contribution is -1.76. The van der Waals surface area contributed by atoms with Crippen LogP contribution in [0.4, 0.5) is 0 Å². The summed E-state index contributed by atoms with van der Waals surface area (Å²) in [5, 5.41) is 0. The number of rotatable bonds is 0. The molecule has 0 aromatic carbocycles. The van der Waals surface area contributed by atoms with Crippen LogP contribution in [-0.4, -0.2) is 11.7 Å². The normalized spacial score (nSPS) is 36.3. The van der Waals surface area contributed by atoms with Crippen LogP contribution in [0.15, 0.2) is 0 Å². The minimum Gasteiger partial charge on any atom is -0.339 e. The molecule has 1 aliphatic rings. The number of alkyl halides is 1. The van der Waals surface area contributed by atoms with E-state index in [0.29, 0.717) is 0 Å². The standard InChI is InChI=1S/C5H5ClO/c1-2-3-4-5(6)7-4/h4-5H,1H3. The van der Waals surface area contributed by atoms with Crippen LogP contribution in [0.2, 0.25) is 0 Å². The first-order valence-corrected chi connectivity index (χ1v) is 2.50. The van der Waals surface area contributed by atoms with Gasteiger partial charge in [-0.25, -0.2) is 0 Å². The zero-order valence-electron chi connectivity index (χ0n) is 3.94. The van der Waals surface area contributed by atoms with Crippen LogP contribution in [0, 0.1) is 11.8 Å². The first kappa shape index (κ1) is 4.96. The summed E-state index contributed by atoms with van der Waals surface area (Å²) in [7, 11) is 0. The second kappa shape index (κ2) is 1.73. The van der Waals surface area contributed by atoms with Crippen molar-refractivity contribution in [3.8, 4) is 11.8 Å². The molecular formula is C5H5ClO. The second-order valence-electron chi connectivity index (χ2n) is 1.30. The third-order valence-corrected chi connectivity index (χ3v) is 1.06. The Morgan fingerprint density at radius 3 is 2.43 bits per heavy atom. The van der Waals surface area contributed by atoms with E-state index in [1.165, 1.54) is 0 Å². The average Bonchev–Trinajstić information content (AvgIpc) is 2.22. The Bertz CT molecular complexity index is 122. The lowest BCUT2D eigenvalue weighted by atomic mass is 10.5. The molecule has 1 rings (SSSR count). The third kappa shape index (κ3) is 1.09. The molecule has 1 nitrogen and oxygen atoms in total. The highest BCUT2D eigenvalue weighted by atomic mass is 35.5. The van der Waals surface area contributed by atoms with Gasteiger partial charge >= 0.3 is 0 Å². The van der Waals surface area contributed by atoms with Gasteiger partial charge in [0, 0.05) is 0 Å². The minimum atomic E-state index is -0.132. The lowest BCUT2D eigenvalue weighted by Gasteiger charge is -1.61. The van der Waals surface area contributed by atoms with Gasteiger partial charge in [-0.05, 0) is 6.92 Å². The molecule has 2 unspecified atom stereocenters. The Labute approximate surface area is 47.6 Å². The molecule has 0 spiro atoms. The van der Waals surface area contributed by atoms with Crippen molar-refractivity contribution < 1.29 is 4.74 Å². The summed E-state index contributed by atoms with van der Waals surface area (Å²) < 4.78 is 4.75. The van der Waals surface area contributed by atoms with Crippen LogP contribution in [0.25, 0.3) is 0 Å². The maximum atomic E-state index is 5.41. The third-order valence-electron chi connectivity index (χ3n) is 0.725. The number of halogens is 1. The first-order chi connectivity index (χ1) is 3.34. The predicted molar refractivity (Wildman–Crippen MR) is 28.0 cm³/mol. The molecule has 7 heavy (non-hydrogen) atoms. The molecule has 2 atom stereocenters. The van der Waals surface area contributed by atoms with Crippen molar-refractivity contribution >= 4 is 11.6 Å². The Hall–Kier alpha value is -0.190. The predicted octanol–water partition coefficient (Wildman–Crippen LogP) is 0.973. The number of epoxide rings is 1. The molecule has 2 heteroatoms. The summed E-state index contributed by atoms with van der Waals surface area (Å²) in [4.78, 5) is 0. The van der Waals surface area contributed by atoms with Crippen molar-refractivity contribution in [2.45, 2.75) is 18.6 Å². The Morgan fingerprint density at radius 1 is 1.71 bits per heavy atom. The summed E-state index contributed by atoms with van der Waals surface area (Å²) in [6.07, 6.45) is 0.0201. The molecule has 0 aromatic heterocycles. The van der Waals surface area contributed by atoms with Gasteiger partial charge in [-0.3, -0.25) is 0 Å². The van der Waals surface area contributed by atoms with E-state index < -0.39 is 0 Å². The Kier molecular flexibility index (Phi) is 1.23. The SMILES string of the molecule is CC#CC1OC1Cl. The van der Waals surface area contributed by atoms with E-state index in [4.69, 9.17) is 16.3 Å². The van der Waals surface area contributed by atoms with E-state index in [1.807, 2.05) is 0 Å². The fraction of sp³-hybridized carbons (Fsp3) is 0.600. The number of ether oxygens (including phenoxy) is 1. The molecule has 0 aliphatic carbocycles. The van der Waals surface area contributed by atoms with E-state index in [0.717, 1.165) is 0 Å². The minimum absolute atomic E-state index is 0.0201. The molecule has 1 saturated heterocycles. The van der Waals surface area contributed by atoms with Crippen LogP contribution >= 0.6 is 11.6 Å². The summed E-state index contributed by atoms with van der Waals surface area (Å²) >= 11 is 5.41. The fourth-order valence-electron chi connectivity index (χ4n) is 0.336. The van der Waals surface area contributed by atoms with E-state index in [-0.39, 0.29) is 11.7 Å². The van der Waals surface area contributed by atoms with Crippen LogP contribution in [0.3, 0.4) is 0 Å². The maximum absolute atomic E-state index is 5.41. The molecule has 0 saturated carbocycles. The maximum Gasteiger partial charge on any atom is 0.170 e. The van der Waals surface area contributed by atoms with Crippen molar-refractivity contribution in [1.29, 1.82) is 0 Å². The molecule has 0 N–H and O–H groups in total. The fourth-order valence-corrected chi connectivity index (χ4v) is 0.510. The molecule has 0 bridgehead atoms. The van der Waals surface area contributed by atoms with Crippen molar-refractivity contribution in [2.75, 3.05) is 0 Å². The van der Waals surface area contributed by atoms with Crippen LogP contribution < -0.4 is 0 Å². The van der Waals surface area contributed by atoms with Crippen LogP contribution in [-0.2, 0) is 4.74 Å². The molecule has 1 fully saturated rings. The molecule has 1 aliphatic heterocycles. The lowest BCUT2D eigenvalue weighted by molar-refractivity contribution is 0.431. The summed E-state index contributed by atoms with van der Waals surface area (Å²) in [5.74, 6) is 5.47. The monoisotopic (exact) mass is 116 g/mol. The smallest absolute Gasteiger partial charge is 0.170 e. The number of hydrogen-bond acceptors (Lipinski definition) is 1. The van der Waals surface area contributed by atoms with E-state index in [1.54, 1.807) is 6.92 Å². The van der Waals surface area contributed by atoms with E-state index in [9.17, 15) is 0 Å². The average molecular weight is 117 g/mol. The molecule has 0 aromatic rings. The topological polar surface area (TPSA) is 12.5 Å². The second-order valence-corrected chi connectivity index (χ2v) is 1.73. The van der Waals surface area contributed by atoms with Gasteiger partial charge in [-0.1, -0.05) is 17.5 Å². The largest absolute Gasteiger partial charge is 0.339 e. The van der Waals surface area contributed by atoms with Crippen molar-refractivity contribution in [3.63, 3.8) is 0 Å². The summed E-state index contributed by atoms with van der Waals surface area (Å²) in [6.45, 7) is 1.77. The van der Waals surface area contributed by atoms with Gasteiger partial charge in [-0.15, -0.1) is 5.92 Å². The van der Waals surface area contributed by atoms with Crippen LogP contribution in [0.1, 0.15) is 6.92 Å².